The summed E-state index contributed by atoms with van der Waals surface area (Å²) >= 11 is 0. The van der Waals surface area contributed by atoms with Gasteiger partial charge in [-0.05, 0) is 25.8 Å². The van der Waals surface area contributed by atoms with Gasteiger partial charge in [0, 0.05) is 5.41 Å². The Hall–Kier alpha value is -0.120. The Bertz CT molecular complexity index is 149. The van der Waals surface area contributed by atoms with Crippen molar-refractivity contribution < 1.29 is 9.47 Å². The summed E-state index contributed by atoms with van der Waals surface area (Å²) in [5, 5.41) is 0. The second kappa shape index (κ2) is 5.69. The van der Waals surface area contributed by atoms with E-state index < -0.39 is 0 Å². The number of ether oxygens (including phenoxy) is 2. The first-order valence-corrected chi connectivity index (χ1v) is 5.57. The molecule has 1 rings (SSSR count). The van der Waals surface area contributed by atoms with Gasteiger partial charge in [0.05, 0.1) is 13.2 Å². The van der Waals surface area contributed by atoms with Crippen molar-refractivity contribution in [2.75, 3.05) is 19.8 Å². The molecular weight excluding hydrogens is 178 g/mol. The molecule has 0 aromatic heterocycles. The topological polar surface area (TPSA) is 44.5 Å². The lowest BCUT2D eigenvalue weighted by Gasteiger charge is -2.34. The van der Waals surface area contributed by atoms with Crippen LogP contribution in [0.5, 0.6) is 0 Å². The molecular formula is C11H23NO2. The van der Waals surface area contributed by atoms with E-state index in [0.29, 0.717) is 0 Å². The molecule has 0 saturated carbocycles. The molecule has 0 spiro atoms. The molecule has 84 valence electrons. The quantitative estimate of drug-likeness (QED) is 0.691. The van der Waals surface area contributed by atoms with Gasteiger partial charge in [0.1, 0.15) is 0 Å². The lowest BCUT2D eigenvalue weighted by molar-refractivity contribution is -0.224. The predicted molar refractivity (Wildman–Crippen MR) is 57.0 cm³/mol. The van der Waals surface area contributed by atoms with Crippen molar-refractivity contribution in [3.8, 4) is 0 Å². The average molecular weight is 201 g/mol. The van der Waals surface area contributed by atoms with Gasteiger partial charge in [-0.3, -0.25) is 0 Å². The highest BCUT2D eigenvalue weighted by atomic mass is 16.7. The van der Waals surface area contributed by atoms with Gasteiger partial charge >= 0.3 is 0 Å². The van der Waals surface area contributed by atoms with E-state index in [-0.39, 0.29) is 11.7 Å². The molecule has 3 heteroatoms. The molecule has 1 aliphatic heterocycles. The van der Waals surface area contributed by atoms with E-state index in [0.717, 1.165) is 39.0 Å². The zero-order chi connectivity index (χ0) is 10.4. The molecule has 0 radical (unpaired) electrons. The second-order valence-electron chi connectivity index (χ2n) is 4.85. The summed E-state index contributed by atoms with van der Waals surface area (Å²) in [7, 11) is 0. The zero-order valence-electron chi connectivity index (χ0n) is 9.42. The molecule has 0 aromatic rings. The van der Waals surface area contributed by atoms with Crippen molar-refractivity contribution in [3.63, 3.8) is 0 Å². The highest BCUT2D eigenvalue weighted by molar-refractivity contribution is 4.71. The van der Waals surface area contributed by atoms with Gasteiger partial charge in [-0.25, -0.2) is 0 Å². The third-order valence-electron chi connectivity index (χ3n) is 2.46. The van der Waals surface area contributed by atoms with Gasteiger partial charge in [0.15, 0.2) is 6.29 Å². The lowest BCUT2D eigenvalue weighted by Crippen LogP contribution is -2.37. The molecule has 1 saturated heterocycles. The van der Waals surface area contributed by atoms with Crippen LogP contribution in [0.4, 0.5) is 0 Å². The highest BCUT2D eigenvalue weighted by Gasteiger charge is 2.27. The summed E-state index contributed by atoms with van der Waals surface area (Å²) < 4.78 is 11.2. The van der Waals surface area contributed by atoms with Gasteiger partial charge in [-0.15, -0.1) is 0 Å². The molecule has 0 aromatic carbocycles. The lowest BCUT2D eigenvalue weighted by atomic mass is 9.95. The molecule has 0 atom stereocenters. The number of unbranched alkanes of at least 4 members (excludes halogenated alkanes) is 2. The summed E-state index contributed by atoms with van der Waals surface area (Å²) in [5.41, 5.74) is 5.61. The fourth-order valence-corrected chi connectivity index (χ4v) is 1.53. The van der Waals surface area contributed by atoms with Crippen LogP contribution in [0.3, 0.4) is 0 Å². The van der Waals surface area contributed by atoms with Gasteiger partial charge in [-0.2, -0.15) is 0 Å². The minimum Gasteiger partial charge on any atom is -0.352 e. The van der Waals surface area contributed by atoms with Crippen molar-refractivity contribution in [2.45, 2.75) is 45.8 Å². The molecule has 1 fully saturated rings. The van der Waals surface area contributed by atoms with Crippen LogP contribution in [-0.2, 0) is 9.47 Å². The number of hydrogen-bond donors (Lipinski definition) is 1. The van der Waals surface area contributed by atoms with Crippen molar-refractivity contribution in [2.24, 2.45) is 11.1 Å². The number of rotatable bonds is 5. The normalized spacial score (nSPS) is 22.5. The van der Waals surface area contributed by atoms with Gasteiger partial charge in [-0.1, -0.05) is 20.3 Å². The van der Waals surface area contributed by atoms with Crippen LogP contribution in [0, 0.1) is 5.41 Å². The average Bonchev–Trinajstić information content (AvgIpc) is 2.15. The molecule has 0 unspecified atom stereocenters. The third-order valence-corrected chi connectivity index (χ3v) is 2.46. The van der Waals surface area contributed by atoms with Crippen molar-refractivity contribution in [1.29, 1.82) is 0 Å². The maximum Gasteiger partial charge on any atom is 0.157 e. The monoisotopic (exact) mass is 201 g/mol. The minimum atomic E-state index is 0.0285. The van der Waals surface area contributed by atoms with E-state index >= 15 is 0 Å². The van der Waals surface area contributed by atoms with Crippen LogP contribution in [0.15, 0.2) is 0 Å². The van der Waals surface area contributed by atoms with E-state index in [4.69, 9.17) is 15.2 Å². The molecule has 2 N–H and O–H groups in total. The Kier molecular flexibility index (Phi) is 4.85. The summed E-state index contributed by atoms with van der Waals surface area (Å²) in [6, 6.07) is 0. The molecule has 14 heavy (non-hydrogen) atoms. The Morgan fingerprint density at radius 3 is 2.36 bits per heavy atom. The second-order valence-corrected chi connectivity index (χ2v) is 4.85. The fourth-order valence-electron chi connectivity index (χ4n) is 1.53. The molecule has 1 aliphatic rings. The summed E-state index contributed by atoms with van der Waals surface area (Å²) in [6.45, 7) is 6.75. The Morgan fingerprint density at radius 1 is 1.14 bits per heavy atom. The Balaban J connectivity index is 2.04. The van der Waals surface area contributed by atoms with Crippen molar-refractivity contribution in [3.05, 3.63) is 0 Å². The zero-order valence-corrected chi connectivity index (χ0v) is 9.42. The third kappa shape index (κ3) is 4.40. The smallest absolute Gasteiger partial charge is 0.157 e. The summed E-state index contributed by atoms with van der Waals surface area (Å²) in [4.78, 5) is 0. The molecule has 0 bridgehead atoms. The molecule has 3 nitrogen and oxygen atoms in total. The SMILES string of the molecule is CC1(C)COC(CCCCCN)OC1. The summed E-state index contributed by atoms with van der Waals surface area (Å²) in [6.07, 6.45) is 4.49. The largest absolute Gasteiger partial charge is 0.352 e. The maximum absolute atomic E-state index is 5.62. The number of nitrogens with two attached hydrogens (primary N) is 1. The first-order chi connectivity index (χ1) is 6.64. The van der Waals surface area contributed by atoms with Crippen LogP contribution >= 0.6 is 0 Å². The Morgan fingerprint density at radius 2 is 1.79 bits per heavy atom. The van der Waals surface area contributed by atoms with E-state index in [2.05, 4.69) is 13.8 Å². The van der Waals surface area contributed by atoms with Crippen molar-refractivity contribution in [1.82, 2.24) is 0 Å². The molecule has 0 amide bonds. The van der Waals surface area contributed by atoms with Crippen LogP contribution in [0.25, 0.3) is 0 Å². The van der Waals surface area contributed by atoms with Crippen LogP contribution in [-0.4, -0.2) is 26.0 Å². The highest BCUT2D eigenvalue weighted by Crippen LogP contribution is 2.24. The van der Waals surface area contributed by atoms with Gasteiger partial charge in [0.2, 0.25) is 0 Å². The van der Waals surface area contributed by atoms with Crippen LogP contribution in [0.2, 0.25) is 0 Å². The predicted octanol–water partition coefficient (Wildman–Crippen LogP) is 1.90. The molecule has 0 aliphatic carbocycles. The maximum atomic E-state index is 5.62. The van der Waals surface area contributed by atoms with Gasteiger partial charge < -0.3 is 15.2 Å². The van der Waals surface area contributed by atoms with E-state index in [9.17, 15) is 0 Å². The van der Waals surface area contributed by atoms with Crippen molar-refractivity contribution >= 4 is 0 Å². The first kappa shape index (κ1) is 12.0. The van der Waals surface area contributed by atoms with Gasteiger partial charge in [0.25, 0.3) is 0 Å². The Labute approximate surface area is 86.9 Å². The van der Waals surface area contributed by atoms with Crippen LogP contribution in [0.1, 0.15) is 39.5 Å². The molecule has 1 heterocycles. The standard InChI is InChI=1S/C11H23NO2/c1-11(2)8-13-10(14-9-11)6-4-3-5-7-12/h10H,3-9,12H2,1-2H3. The van der Waals surface area contributed by atoms with Crippen LogP contribution < -0.4 is 5.73 Å². The minimum absolute atomic E-state index is 0.0285. The summed E-state index contributed by atoms with van der Waals surface area (Å²) in [5.74, 6) is 0. The van der Waals surface area contributed by atoms with E-state index in [1.807, 2.05) is 0 Å². The van der Waals surface area contributed by atoms with E-state index in [1.54, 1.807) is 0 Å². The van der Waals surface area contributed by atoms with E-state index in [1.165, 1.54) is 6.42 Å². The fraction of sp³-hybridized carbons (Fsp3) is 1.00. The first-order valence-electron chi connectivity index (χ1n) is 5.57. The number of hydrogen-bond acceptors (Lipinski definition) is 3.